The number of alkyl halides is 3. The van der Waals surface area contributed by atoms with Crippen LogP contribution in [0.4, 0.5) is 17.6 Å². The Balaban J connectivity index is 2.16. The van der Waals surface area contributed by atoms with Crippen molar-refractivity contribution in [3.63, 3.8) is 0 Å². The van der Waals surface area contributed by atoms with Crippen LogP contribution >= 0.6 is 15.9 Å². The molecule has 1 atom stereocenters. The average Bonchev–Trinajstić information content (AvgIpc) is 3.28. The van der Waals surface area contributed by atoms with Crippen LogP contribution in [-0.2, 0) is 4.79 Å². The average molecular weight is 394 g/mol. The maximum Gasteiger partial charge on any atom is 0.406 e. The van der Waals surface area contributed by atoms with Crippen LogP contribution in [0.3, 0.4) is 0 Å². The molecule has 1 fully saturated rings. The smallest absolute Gasteiger partial charge is 0.327 e. The SMILES string of the molecule is CC(C1CC1)N(CC(F)(F)F)C(=O)/C=C/c1cc(Br)ccc1F. The summed E-state index contributed by atoms with van der Waals surface area (Å²) in [4.78, 5) is 13.0. The Labute approximate surface area is 140 Å². The van der Waals surface area contributed by atoms with Gasteiger partial charge >= 0.3 is 6.18 Å². The molecule has 1 amide bonds. The van der Waals surface area contributed by atoms with Gasteiger partial charge in [0.15, 0.2) is 0 Å². The topological polar surface area (TPSA) is 20.3 Å². The number of nitrogens with zero attached hydrogens (tertiary/aromatic N) is 1. The molecule has 1 saturated carbocycles. The third-order valence-electron chi connectivity index (χ3n) is 3.79. The molecule has 0 aromatic heterocycles. The summed E-state index contributed by atoms with van der Waals surface area (Å²) >= 11 is 3.18. The number of amides is 1. The van der Waals surface area contributed by atoms with Crippen molar-refractivity contribution in [1.29, 1.82) is 0 Å². The second kappa shape index (κ2) is 7.03. The van der Waals surface area contributed by atoms with E-state index in [0.29, 0.717) is 4.47 Å². The second-order valence-electron chi connectivity index (χ2n) is 5.66. The van der Waals surface area contributed by atoms with E-state index < -0.39 is 30.5 Å². The van der Waals surface area contributed by atoms with E-state index in [1.165, 1.54) is 24.3 Å². The Bertz CT molecular complexity index is 611. The highest BCUT2D eigenvalue weighted by atomic mass is 79.9. The van der Waals surface area contributed by atoms with E-state index in [9.17, 15) is 22.4 Å². The van der Waals surface area contributed by atoms with Crippen molar-refractivity contribution in [1.82, 2.24) is 4.90 Å². The van der Waals surface area contributed by atoms with Gasteiger partial charge in [0.25, 0.3) is 0 Å². The standard InChI is InChI=1S/C16H16BrF4NO/c1-10(11-2-3-11)22(9-16(19,20)21)15(23)7-4-12-8-13(17)5-6-14(12)18/h4-8,10-11H,2-3,9H2,1H3/b7-4+. The zero-order valence-electron chi connectivity index (χ0n) is 12.4. The van der Waals surface area contributed by atoms with Gasteiger partial charge in [0.05, 0.1) is 0 Å². The number of carbonyl (C=O) groups is 1. The largest absolute Gasteiger partial charge is 0.406 e. The van der Waals surface area contributed by atoms with Crippen LogP contribution in [-0.4, -0.2) is 29.6 Å². The van der Waals surface area contributed by atoms with E-state index >= 15 is 0 Å². The molecule has 0 N–H and O–H groups in total. The van der Waals surface area contributed by atoms with Crippen molar-refractivity contribution in [3.05, 3.63) is 40.1 Å². The van der Waals surface area contributed by atoms with E-state index in [2.05, 4.69) is 15.9 Å². The highest BCUT2D eigenvalue weighted by Crippen LogP contribution is 2.36. The fraction of sp³-hybridized carbons (Fsp3) is 0.438. The van der Waals surface area contributed by atoms with Gasteiger partial charge in [-0.25, -0.2) is 4.39 Å². The maximum atomic E-state index is 13.6. The minimum absolute atomic E-state index is 0.109. The summed E-state index contributed by atoms with van der Waals surface area (Å²) in [6, 6.07) is 3.69. The molecule has 0 bridgehead atoms. The molecular weight excluding hydrogens is 378 g/mol. The molecule has 0 heterocycles. The first kappa shape index (κ1) is 18.0. The lowest BCUT2D eigenvalue weighted by Gasteiger charge is -2.29. The van der Waals surface area contributed by atoms with Crippen LogP contribution in [0.25, 0.3) is 6.08 Å². The second-order valence-corrected chi connectivity index (χ2v) is 6.57. The lowest BCUT2D eigenvalue weighted by Crippen LogP contribution is -2.44. The number of hydrogen-bond acceptors (Lipinski definition) is 1. The summed E-state index contributed by atoms with van der Waals surface area (Å²) < 4.78 is 52.3. The van der Waals surface area contributed by atoms with Gasteiger partial charge in [-0.2, -0.15) is 13.2 Å². The van der Waals surface area contributed by atoms with Crippen LogP contribution < -0.4 is 0 Å². The minimum Gasteiger partial charge on any atom is -0.327 e. The van der Waals surface area contributed by atoms with Gasteiger partial charge < -0.3 is 4.90 Å². The number of rotatable bonds is 5. The molecule has 0 aliphatic heterocycles. The predicted molar refractivity (Wildman–Crippen MR) is 83.1 cm³/mol. The Morgan fingerprint density at radius 3 is 2.65 bits per heavy atom. The minimum atomic E-state index is -4.46. The first-order valence-corrected chi connectivity index (χ1v) is 7.97. The number of benzene rings is 1. The molecular formula is C16H16BrF4NO. The van der Waals surface area contributed by atoms with Crippen LogP contribution in [0, 0.1) is 11.7 Å². The Hall–Kier alpha value is -1.37. The van der Waals surface area contributed by atoms with Crippen molar-refractivity contribution in [2.45, 2.75) is 32.0 Å². The first-order valence-electron chi connectivity index (χ1n) is 7.18. The Morgan fingerprint density at radius 1 is 1.43 bits per heavy atom. The quantitative estimate of drug-likeness (QED) is 0.520. The molecule has 2 rings (SSSR count). The molecule has 2 nitrogen and oxygen atoms in total. The highest BCUT2D eigenvalue weighted by Gasteiger charge is 2.39. The molecule has 1 aromatic carbocycles. The fourth-order valence-electron chi connectivity index (χ4n) is 2.35. The van der Waals surface area contributed by atoms with Gasteiger partial charge in [0.2, 0.25) is 5.91 Å². The Morgan fingerprint density at radius 2 is 2.09 bits per heavy atom. The van der Waals surface area contributed by atoms with Crippen molar-refractivity contribution < 1.29 is 22.4 Å². The molecule has 23 heavy (non-hydrogen) atoms. The molecule has 1 unspecified atom stereocenters. The third kappa shape index (κ3) is 5.34. The molecule has 126 valence electrons. The number of carbonyl (C=O) groups excluding carboxylic acids is 1. The molecule has 0 saturated heterocycles. The maximum absolute atomic E-state index is 13.6. The third-order valence-corrected chi connectivity index (χ3v) is 4.29. The van der Waals surface area contributed by atoms with Crippen LogP contribution in [0.5, 0.6) is 0 Å². The number of halogens is 5. The zero-order chi connectivity index (χ0) is 17.2. The lowest BCUT2D eigenvalue weighted by atomic mass is 10.1. The van der Waals surface area contributed by atoms with Gasteiger partial charge in [0, 0.05) is 22.2 Å². The molecule has 0 radical (unpaired) electrons. The van der Waals surface area contributed by atoms with Gasteiger partial charge in [0.1, 0.15) is 12.4 Å². The predicted octanol–water partition coefficient (Wildman–Crippen LogP) is 4.79. The molecule has 1 aromatic rings. The highest BCUT2D eigenvalue weighted by molar-refractivity contribution is 9.10. The first-order chi connectivity index (χ1) is 10.7. The fourth-order valence-corrected chi connectivity index (χ4v) is 2.73. The van der Waals surface area contributed by atoms with E-state index in [4.69, 9.17) is 0 Å². The molecule has 1 aliphatic carbocycles. The summed E-state index contributed by atoms with van der Waals surface area (Å²) in [6.07, 6.45) is -0.617. The summed E-state index contributed by atoms with van der Waals surface area (Å²) in [6.45, 7) is 0.323. The van der Waals surface area contributed by atoms with Gasteiger partial charge in [-0.05, 0) is 50.0 Å². The lowest BCUT2D eigenvalue weighted by molar-refractivity contribution is -0.162. The van der Waals surface area contributed by atoms with E-state index in [0.717, 1.165) is 23.8 Å². The monoisotopic (exact) mass is 393 g/mol. The molecule has 7 heteroatoms. The zero-order valence-corrected chi connectivity index (χ0v) is 14.0. The van der Waals surface area contributed by atoms with E-state index in [1.54, 1.807) is 6.92 Å². The summed E-state index contributed by atoms with van der Waals surface area (Å²) in [5.41, 5.74) is 0.138. The van der Waals surface area contributed by atoms with Gasteiger partial charge in [-0.1, -0.05) is 15.9 Å². The summed E-state index contributed by atoms with van der Waals surface area (Å²) in [7, 11) is 0. The van der Waals surface area contributed by atoms with Gasteiger partial charge in [-0.3, -0.25) is 4.79 Å². The van der Waals surface area contributed by atoms with E-state index in [-0.39, 0.29) is 11.5 Å². The van der Waals surface area contributed by atoms with Crippen LogP contribution in [0.15, 0.2) is 28.7 Å². The Kier molecular flexibility index (Phi) is 5.49. The van der Waals surface area contributed by atoms with Crippen LogP contribution in [0.1, 0.15) is 25.3 Å². The van der Waals surface area contributed by atoms with Crippen molar-refractivity contribution in [3.8, 4) is 0 Å². The molecule has 0 spiro atoms. The van der Waals surface area contributed by atoms with Crippen molar-refractivity contribution in [2.75, 3.05) is 6.54 Å². The summed E-state index contributed by atoms with van der Waals surface area (Å²) in [5.74, 6) is -1.20. The summed E-state index contributed by atoms with van der Waals surface area (Å²) in [5, 5.41) is 0. The normalized spacial score (nSPS) is 16.6. The van der Waals surface area contributed by atoms with E-state index in [1.807, 2.05) is 0 Å². The number of hydrogen-bond donors (Lipinski definition) is 0. The van der Waals surface area contributed by atoms with Crippen molar-refractivity contribution >= 4 is 27.9 Å². The van der Waals surface area contributed by atoms with Gasteiger partial charge in [-0.15, -0.1) is 0 Å². The van der Waals surface area contributed by atoms with Crippen LogP contribution in [0.2, 0.25) is 0 Å². The molecule has 1 aliphatic rings. The van der Waals surface area contributed by atoms with Crippen molar-refractivity contribution in [2.24, 2.45) is 5.92 Å².